The van der Waals surface area contributed by atoms with Gasteiger partial charge < -0.3 is 0 Å². The van der Waals surface area contributed by atoms with Crippen molar-refractivity contribution in [3.63, 3.8) is 0 Å². The molecule has 0 saturated carbocycles. The van der Waals surface area contributed by atoms with Crippen molar-refractivity contribution in [2.75, 3.05) is 10.6 Å². The molecule has 0 spiro atoms. The van der Waals surface area contributed by atoms with Gasteiger partial charge in [0.1, 0.15) is 0 Å². The summed E-state index contributed by atoms with van der Waals surface area (Å²) in [6.45, 7) is 4.50. The van der Waals surface area contributed by atoms with Crippen LogP contribution in [0.25, 0.3) is 0 Å². The Morgan fingerprint density at radius 1 is 0.545 bits per heavy atom. The molecule has 1 aromatic heterocycles. The van der Waals surface area contributed by atoms with Gasteiger partial charge >= 0.3 is 171 Å². The predicted molar refractivity (Wildman–Crippen MR) is 144 cm³/mol. The number of carbonyl (C=O) groups is 2. The average molecular weight is 526 g/mol. The molecule has 1 heterocycles. The van der Waals surface area contributed by atoms with Gasteiger partial charge in [0.15, 0.2) is 0 Å². The van der Waals surface area contributed by atoms with Crippen LogP contribution >= 0.6 is 0 Å². The van der Waals surface area contributed by atoms with E-state index in [0.29, 0.717) is 12.8 Å². The number of amides is 2. The van der Waals surface area contributed by atoms with E-state index in [1.807, 2.05) is 0 Å². The molecular weight excluding hydrogens is 475 g/mol. The third kappa shape index (κ3) is 17.1. The molecule has 0 atom stereocenters. The van der Waals surface area contributed by atoms with Crippen molar-refractivity contribution in [1.82, 2.24) is 0 Å². The van der Waals surface area contributed by atoms with Gasteiger partial charge in [-0.05, 0) is 0 Å². The van der Waals surface area contributed by atoms with Gasteiger partial charge in [0.2, 0.25) is 0 Å². The number of carbonyl (C=O) groups excluding carboxylic acids is 2. The van der Waals surface area contributed by atoms with E-state index >= 15 is 0 Å². The van der Waals surface area contributed by atoms with Crippen molar-refractivity contribution in [2.24, 2.45) is 0 Å². The zero-order chi connectivity index (χ0) is 24.0. The zero-order valence-corrected chi connectivity index (χ0v) is 23.2. The number of rotatable bonds is 22. The Bertz CT molecular complexity index is 564. The molecule has 0 bridgehead atoms. The summed E-state index contributed by atoms with van der Waals surface area (Å²) in [5.74, 6) is 0.141. The van der Waals surface area contributed by atoms with E-state index in [-0.39, 0.29) is 26.3 Å². The zero-order valence-electron chi connectivity index (χ0n) is 21.5. The monoisotopic (exact) mass is 526 g/mol. The van der Waals surface area contributed by atoms with Gasteiger partial charge in [-0.2, -0.15) is 0 Å². The second kappa shape index (κ2) is 21.5. The second-order valence-corrected chi connectivity index (χ2v) is 11.0. The van der Waals surface area contributed by atoms with E-state index in [9.17, 15) is 9.59 Å². The van der Waals surface area contributed by atoms with Crippen LogP contribution in [0.2, 0.25) is 0 Å². The van der Waals surface area contributed by atoms with E-state index in [4.69, 9.17) is 0 Å². The molecule has 0 aliphatic rings. The Morgan fingerprint density at radius 3 is 1.18 bits per heavy atom. The van der Waals surface area contributed by atoms with E-state index in [0.717, 1.165) is 37.1 Å². The smallest absolute Gasteiger partial charge is 0.0654 e. The van der Waals surface area contributed by atoms with Crippen molar-refractivity contribution in [1.29, 1.82) is 0 Å². The fraction of sp³-hybridized carbons (Fsp3) is 0.786. The maximum atomic E-state index is 12.3. The number of anilines is 2. The first-order valence-electron chi connectivity index (χ1n) is 13.8. The van der Waals surface area contributed by atoms with E-state index in [2.05, 4.69) is 34.4 Å². The van der Waals surface area contributed by atoms with Gasteiger partial charge in [0.25, 0.3) is 0 Å². The molecule has 0 fully saturated rings. The summed E-state index contributed by atoms with van der Waals surface area (Å²) >= 11 is 0.209. The van der Waals surface area contributed by atoms with Crippen molar-refractivity contribution >= 4 is 37.7 Å². The number of nitrogens with one attached hydrogen (secondary N) is 2. The molecule has 4 nitrogen and oxygen atoms in total. The molecule has 1 rings (SSSR count). The van der Waals surface area contributed by atoms with E-state index in [1.165, 1.54) is 89.9 Å². The van der Waals surface area contributed by atoms with Gasteiger partial charge in [-0.3, -0.25) is 0 Å². The molecule has 0 unspecified atom stereocenters. The summed E-state index contributed by atoms with van der Waals surface area (Å²) < 4.78 is 0. The maximum absolute atomic E-state index is 12.3. The third-order valence-corrected chi connectivity index (χ3v) is 7.78. The van der Waals surface area contributed by atoms with E-state index < -0.39 is 0 Å². The Hall–Kier alpha value is -1.06. The molecule has 0 radical (unpaired) electrons. The minimum absolute atomic E-state index is 0.0704. The first-order chi connectivity index (χ1) is 16.2. The molecule has 2 N–H and O–H groups in total. The predicted octanol–water partition coefficient (Wildman–Crippen LogP) is 8.46. The Kier molecular flexibility index (Phi) is 19.5. The third-order valence-electron chi connectivity index (χ3n) is 6.22. The summed E-state index contributed by atoms with van der Waals surface area (Å²) in [5.41, 5.74) is 1.60. The Morgan fingerprint density at radius 2 is 0.848 bits per heavy atom. The molecule has 0 aliphatic carbocycles. The number of hydrogen-bond donors (Lipinski definition) is 2. The Balaban J connectivity index is 2.09. The Labute approximate surface area is 209 Å². The summed E-state index contributed by atoms with van der Waals surface area (Å²) in [4.78, 5) is 28.7. The molecular formula is C28H50N2O2Se. The van der Waals surface area contributed by atoms with Gasteiger partial charge in [-0.1, -0.05) is 39.5 Å². The van der Waals surface area contributed by atoms with Crippen molar-refractivity contribution in [3.8, 4) is 0 Å². The summed E-state index contributed by atoms with van der Waals surface area (Å²) in [6, 6.07) is 0. The first-order valence-corrected chi connectivity index (χ1v) is 15.8. The molecule has 0 aromatic carbocycles. The van der Waals surface area contributed by atoms with E-state index in [1.54, 1.807) is 0 Å². The topological polar surface area (TPSA) is 58.2 Å². The van der Waals surface area contributed by atoms with Crippen LogP contribution < -0.4 is 10.6 Å². The average Bonchev–Trinajstić information content (AvgIpc) is 3.23. The van der Waals surface area contributed by atoms with Crippen LogP contribution in [0.1, 0.15) is 142 Å². The van der Waals surface area contributed by atoms with Crippen molar-refractivity contribution < 1.29 is 9.59 Å². The van der Waals surface area contributed by atoms with Crippen molar-refractivity contribution in [3.05, 3.63) is 9.88 Å². The fourth-order valence-corrected chi connectivity index (χ4v) is 5.60. The first kappa shape index (κ1) is 30.0. The summed E-state index contributed by atoms with van der Waals surface area (Å²) in [6.07, 6.45) is 23.7. The molecule has 1 aromatic rings. The van der Waals surface area contributed by atoms with Gasteiger partial charge in [-0.25, -0.2) is 0 Å². The number of unbranched alkanes of at least 4 members (excludes halogenated alkanes) is 16. The second-order valence-electron chi connectivity index (χ2n) is 9.45. The molecule has 5 heteroatoms. The van der Waals surface area contributed by atoms with Crippen molar-refractivity contribution in [2.45, 2.75) is 142 Å². The number of hydrogen-bond acceptors (Lipinski definition) is 2. The molecule has 0 aliphatic heterocycles. The van der Waals surface area contributed by atoms with Gasteiger partial charge in [-0.15, -0.1) is 0 Å². The minimum Gasteiger partial charge on any atom is -0.0654 e. The summed E-state index contributed by atoms with van der Waals surface area (Å²) in [7, 11) is 0. The summed E-state index contributed by atoms with van der Waals surface area (Å²) in [5, 5.41) is 6.04. The van der Waals surface area contributed by atoms with Gasteiger partial charge in [0.05, 0.1) is 0 Å². The normalized spacial score (nSPS) is 11.0. The van der Waals surface area contributed by atoms with Crippen LogP contribution in [0.3, 0.4) is 0 Å². The van der Waals surface area contributed by atoms with Crippen LogP contribution in [-0.4, -0.2) is 26.3 Å². The SMILES string of the molecule is CCCCCCCCCCCC(=O)Nc1c[se]cc1NC(=O)CCCCCCCCCCC. The molecule has 190 valence electrons. The van der Waals surface area contributed by atoms with Crippen LogP contribution in [0, 0.1) is 0 Å². The van der Waals surface area contributed by atoms with Crippen LogP contribution in [0.4, 0.5) is 11.4 Å². The van der Waals surface area contributed by atoms with Crippen LogP contribution in [0.15, 0.2) is 9.88 Å². The molecule has 2 amide bonds. The molecule has 33 heavy (non-hydrogen) atoms. The molecule has 0 saturated heterocycles. The van der Waals surface area contributed by atoms with Gasteiger partial charge in [0, 0.05) is 0 Å². The quantitative estimate of drug-likeness (QED) is 0.118. The fourth-order valence-electron chi connectivity index (χ4n) is 4.11. The van der Waals surface area contributed by atoms with Crippen LogP contribution in [0.5, 0.6) is 0 Å². The standard InChI is InChI=1S/C28H50N2O2Se/c1-3-5-7-9-11-13-15-17-19-21-27(31)29-25-23-33-24-26(25)30-28(32)22-20-18-16-14-12-10-8-6-4-2/h23-24H,3-22H2,1-2H3,(H,29,31)(H,30,32). The minimum atomic E-state index is 0.0704. The van der Waals surface area contributed by atoms with Crippen LogP contribution in [-0.2, 0) is 9.59 Å².